The van der Waals surface area contributed by atoms with Crippen LogP contribution in [0.1, 0.15) is 20.8 Å². The monoisotopic (exact) mass is 526 g/mol. The van der Waals surface area contributed by atoms with Crippen LogP contribution in [0.25, 0.3) is 0 Å². The van der Waals surface area contributed by atoms with Gasteiger partial charge in [-0.15, -0.1) is 0 Å². The summed E-state index contributed by atoms with van der Waals surface area (Å²) in [6.07, 6.45) is -1.84. The molecule has 1 aliphatic heterocycles. The van der Waals surface area contributed by atoms with Crippen molar-refractivity contribution >= 4 is 35.4 Å². The number of carbonyl (C=O) groups is 3. The Labute approximate surface area is 214 Å². The summed E-state index contributed by atoms with van der Waals surface area (Å²) in [5.74, 6) is -1.24. The molecule has 0 saturated carbocycles. The number of ether oxygens (including phenoxy) is 8. The molecule has 1 aromatic rings. The molecule has 0 spiro atoms. The van der Waals surface area contributed by atoms with Crippen LogP contribution in [0.2, 0.25) is 0 Å². The zero-order valence-electron chi connectivity index (χ0n) is 20.4. The number of methoxy groups -OCH3 is 1. The lowest BCUT2D eigenvalue weighted by Gasteiger charge is -2.44. The molecule has 11 nitrogen and oxygen atoms in total. The first-order chi connectivity index (χ1) is 17.2. The van der Waals surface area contributed by atoms with Crippen LogP contribution in [0, 0.1) is 0 Å². The fraction of sp³-hybridized carbons (Fsp3) is 0.500. The van der Waals surface area contributed by atoms with Crippen molar-refractivity contribution in [2.45, 2.75) is 51.5 Å². The first kappa shape index (κ1) is 29.2. The highest BCUT2D eigenvalue weighted by atomic mass is 32.1. The van der Waals surface area contributed by atoms with E-state index in [1.165, 1.54) is 27.9 Å². The average Bonchev–Trinajstić information content (AvgIpc) is 2.81. The fourth-order valence-corrected chi connectivity index (χ4v) is 3.44. The molecule has 1 heterocycles. The smallest absolute Gasteiger partial charge is 0.358 e. The Morgan fingerprint density at radius 2 is 1.53 bits per heavy atom. The van der Waals surface area contributed by atoms with Gasteiger partial charge in [0, 0.05) is 40.1 Å². The predicted molar refractivity (Wildman–Crippen MR) is 128 cm³/mol. The highest BCUT2D eigenvalue weighted by Gasteiger charge is 2.51. The van der Waals surface area contributed by atoms with E-state index in [0.29, 0.717) is 5.75 Å². The number of benzene rings is 1. The van der Waals surface area contributed by atoms with Gasteiger partial charge in [-0.1, -0.05) is 24.3 Å². The maximum Gasteiger partial charge on any atom is 0.358 e. The summed E-state index contributed by atoms with van der Waals surface area (Å²) in [4.78, 5) is 34.9. The summed E-state index contributed by atoms with van der Waals surface area (Å²) < 4.78 is 43.5. The standard InChI is InChI=1S/C24H30O11S/c1-15(25)31-14-19-20(32-16(2)26)21(22(33-17(3)27)23(28-4)35-19)29-12-8-9-13-30-24(36)34-18-10-6-5-7-11-18/h5-11,19-23H,12-14H2,1-4H3/b9-8-/t19-,20-,21+,22-,23-/m1/s1. The van der Waals surface area contributed by atoms with Crippen molar-refractivity contribution in [1.82, 2.24) is 0 Å². The number of rotatable bonds is 11. The zero-order chi connectivity index (χ0) is 26.5. The molecule has 36 heavy (non-hydrogen) atoms. The number of esters is 3. The molecule has 0 N–H and O–H groups in total. The van der Waals surface area contributed by atoms with Gasteiger partial charge in [-0.2, -0.15) is 0 Å². The summed E-state index contributed by atoms with van der Waals surface area (Å²) >= 11 is 5.04. The van der Waals surface area contributed by atoms with E-state index in [1.807, 2.05) is 18.2 Å². The van der Waals surface area contributed by atoms with E-state index in [2.05, 4.69) is 0 Å². The minimum absolute atomic E-state index is 0.0204. The lowest BCUT2D eigenvalue weighted by molar-refractivity contribution is -0.305. The summed E-state index contributed by atoms with van der Waals surface area (Å²) in [5.41, 5.74) is 0. The van der Waals surface area contributed by atoms with Crippen LogP contribution in [0.15, 0.2) is 42.5 Å². The quantitative estimate of drug-likeness (QED) is 0.181. The molecule has 0 aliphatic carbocycles. The second-order valence-electron chi connectivity index (χ2n) is 7.47. The van der Waals surface area contributed by atoms with Gasteiger partial charge in [0.15, 0.2) is 18.5 Å². The summed E-state index contributed by atoms with van der Waals surface area (Å²) in [5, 5.41) is -0.0442. The maximum absolute atomic E-state index is 11.8. The van der Waals surface area contributed by atoms with Crippen molar-refractivity contribution < 1.29 is 52.3 Å². The van der Waals surface area contributed by atoms with Crippen molar-refractivity contribution in [3.63, 3.8) is 0 Å². The molecule has 0 amide bonds. The van der Waals surface area contributed by atoms with E-state index in [4.69, 9.17) is 50.1 Å². The van der Waals surface area contributed by atoms with E-state index in [9.17, 15) is 14.4 Å². The normalized spacial score (nSPS) is 23.5. The Balaban J connectivity index is 2.03. The van der Waals surface area contributed by atoms with Gasteiger partial charge < -0.3 is 37.9 Å². The van der Waals surface area contributed by atoms with Crippen LogP contribution >= 0.6 is 12.2 Å². The van der Waals surface area contributed by atoms with Crippen LogP contribution in [0.3, 0.4) is 0 Å². The molecule has 1 saturated heterocycles. The third kappa shape index (κ3) is 9.90. The molecule has 198 valence electrons. The first-order valence-corrected chi connectivity index (χ1v) is 11.4. The lowest BCUT2D eigenvalue weighted by Crippen LogP contribution is -2.62. The van der Waals surface area contributed by atoms with E-state index in [0.717, 1.165) is 0 Å². The Morgan fingerprint density at radius 3 is 2.14 bits per heavy atom. The molecule has 12 heteroatoms. The minimum Gasteiger partial charge on any atom is -0.463 e. The second kappa shape index (κ2) is 15.1. The van der Waals surface area contributed by atoms with Crippen LogP contribution in [0.5, 0.6) is 5.75 Å². The molecule has 0 bridgehead atoms. The van der Waals surface area contributed by atoms with E-state index >= 15 is 0 Å². The maximum atomic E-state index is 11.8. The van der Waals surface area contributed by atoms with Gasteiger partial charge in [-0.25, -0.2) is 0 Å². The Bertz CT molecular complexity index is 905. The van der Waals surface area contributed by atoms with Crippen LogP contribution < -0.4 is 4.74 Å². The summed E-state index contributed by atoms with van der Waals surface area (Å²) in [7, 11) is 1.35. The highest BCUT2D eigenvalue weighted by molar-refractivity contribution is 7.79. The fourth-order valence-electron chi connectivity index (χ4n) is 3.28. The molecule has 2 rings (SSSR count). The third-order valence-electron chi connectivity index (χ3n) is 4.67. The summed E-state index contributed by atoms with van der Waals surface area (Å²) in [6.45, 7) is 3.55. The van der Waals surface area contributed by atoms with Gasteiger partial charge in [0.05, 0.1) is 6.61 Å². The molecule has 0 aromatic heterocycles. The Kier molecular flexibility index (Phi) is 12.3. The number of hydrogen-bond acceptors (Lipinski definition) is 12. The van der Waals surface area contributed by atoms with Crippen LogP contribution in [-0.2, 0) is 47.5 Å². The van der Waals surface area contributed by atoms with Crippen LogP contribution in [0.4, 0.5) is 0 Å². The predicted octanol–water partition coefficient (Wildman–Crippen LogP) is 2.11. The number of hydrogen-bond donors (Lipinski definition) is 0. The minimum atomic E-state index is -1.07. The van der Waals surface area contributed by atoms with Gasteiger partial charge in [0.2, 0.25) is 0 Å². The van der Waals surface area contributed by atoms with Gasteiger partial charge >= 0.3 is 23.1 Å². The Morgan fingerprint density at radius 1 is 0.889 bits per heavy atom. The zero-order valence-corrected chi connectivity index (χ0v) is 21.3. The van der Waals surface area contributed by atoms with Gasteiger partial charge in [0.1, 0.15) is 31.2 Å². The second-order valence-corrected chi connectivity index (χ2v) is 7.81. The molecule has 5 atom stereocenters. The number of para-hydroxylation sites is 1. The first-order valence-electron chi connectivity index (χ1n) is 11.0. The molecular weight excluding hydrogens is 496 g/mol. The van der Waals surface area contributed by atoms with Crippen LogP contribution in [-0.4, -0.2) is 80.8 Å². The van der Waals surface area contributed by atoms with E-state index in [1.54, 1.807) is 24.3 Å². The number of carbonyl (C=O) groups excluding carboxylic acids is 3. The molecule has 1 aliphatic rings. The Hall–Kier alpha value is -3.06. The average molecular weight is 527 g/mol. The highest BCUT2D eigenvalue weighted by Crippen LogP contribution is 2.29. The van der Waals surface area contributed by atoms with Crippen molar-refractivity contribution in [2.24, 2.45) is 0 Å². The van der Waals surface area contributed by atoms with Gasteiger partial charge in [-0.05, 0) is 18.2 Å². The van der Waals surface area contributed by atoms with Crippen molar-refractivity contribution in [3.8, 4) is 5.75 Å². The molecule has 0 unspecified atom stereocenters. The van der Waals surface area contributed by atoms with Crippen molar-refractivity contribution in [2.75, 3.05) is 26.9 Å². The van der Waals surface area contributed by atoms with E-state index in [-0.39, 0.29) is 25.1 Å². The molecule has 0 radical (unpaired) electrons. The topological polar surface area (TPSA) is 125 Å². The van der Waals surface area contributed by atoms with Crippen molar-refractivity contribution in [1.29, 1.82) is 0 Å². The number of thiocarbonyl (C=S) groups is 1. The molecule has 1 fully saturated rings. The largest absolute Gasteiger partial charge is 0.463 e. The van der Waals surface area contributed by atoms with Gasteiger partial charge in [0.25, 0.3) is 0 Å². The SMILES string of the molecule is CO[C@@H]1O[C@H](COC(C)=O)[C@@H](OC(C)=O)[C@H](OC/C=C\COC(=S)Oc2ccccc2)[C@H]1OC(C)=O. The molecular formula is C24H30O11S. The third-order valence-corrected chi connectivity index (χ3v) is 4.87. The lowest BCUT2D eigenvalue weighted by atomic mass is 9.98. The van der Waals surface area contributed by atoms with Crippen molar-refractivity contribution in [3.05, 3.63) is 42.5 Å². The van der Waals surface area contributed by atoms with E-state index < -0.39 is 48.6 Å². The van der Waals surface area contributed by atoms with Gasteiger partial charge in [-0.3, -0.25) is 14.4 Å². The summed E-state index contributed by atoms with van der Waals surface area (Å²) in [6, 6.07) is 8.96. The molecule has 1 aromatic carbocycles.